The van der Waals surface area contributed by atoms with E-state index in [1.807, 2.05) is 0 Å². The minimum Gasteiger partial charge on any atom is -0.496 e. The highest BCUT2D eigenvalue weighted by Crippen LogP contribution is 2.20. The van der Waals surface area contributed by atoms with Crippen LogP contribution in [0, 0.1) is 5.82 Å². The molecule has 0 aliphatic heterocycles. The van der Waals surface area contributed by atoms with Crippen LogP contribution in [0.2, 0.25) is 0 Å². The molecule has 112 valence electrons. The van der Waals surface area contributed by atoms with Gasteiger partial charge in [0.2, 0.25) is 0 Å². The molecule has 22 heavy (non-hydrogen) atoms. The van der Waals surface area contributed by atoms with Crippen molar-refractivity contribution in [3.8, 4) is 5.75 Å². The van der Waals surface area contributed by atoms with Crippen molar-refractivity contribution in [3.05, 3.63) is 71.0 Å². The topological polar surface area (TPSA) is 63.6 Å². The van der Waals surface area contributed by atoms with Gasteiger partial charge in [-0.15, -0.1) is 0 Å². The van der Waals surface area contributed by atoms with Crippen LogP contribution in [0.15, 0.2) is 48.5 Å². The van der Waals surface area contributed by atoms with E-state index in [0.717, 1.165) is 6.07 Å². The van der Waals surface area contributed by atoms with Crippen molar-refractivity contribution in [1.29, 1.82) is 0 Å². The average Bonchev–Trinajstić information content (AvgIpc) is 2.53. The fourth-order valence-electron chi connectivity index (χ4n) is 1.87. The van der Waals surface area contributed by atoms with Crippen LogP contribution in [0.25, 0.3) is 6.08 Å². The largest absolute Gasteiger partial charge is 0.496 e. The van der Waals surface area contributed by atoms with Crippen LogP contribution in [-0.2, 0) is 0 Å². The lowest BCUT2D eigenvalue weighted by molar-refractivity contribution is 0.0696. The number of allylic oxidation sites excluding steroid dienone is 1. The summed E-state index contributed by atoms with van der Waals surface area (Å²) in [6.07, 6.45) is 2.81. The number of carboxylic acids is 1. The standard InChI is InChI=1S/C17H13FO4/c1-22-16-9-7-13(18)10-14(16)15(19)8-4-11-2-5-12(6-3-11)17(20)21/h2-10H,1H3,(H,20,21). The Morgan fingerprint density at radius 3 is 2.41 bits per heavy atom. The molecule has 0 saturated carbocycles. The number of carbonyl (C=O) groups is 2. The molecular weight excluding hydrogens is 287 g/mol. The first-order chi connectivity index (χ1) is 10.5. The number of ether oxygens (including phenoxy) is 1. The number of ketones is 1. The van der Waals surface area contributed by atoms with Gasteiger partial charge in [-0.2, -0.15) is 0 Å². The van der Waals surface area contributed by atoms with Crippen LogP contribution in [0.3, 0.4) is 0 Å². The lowest BCUT2D eigenvalue weighted by atomic mass is 10.1. The molecule has 0 aromatic heterocycles. The van der Waals surface area contributed by atoms with E-state index < -0.39 is 17.6 Å². The van der Waals surface area contributed by atoms with Gasteiger partial charge in [-0.05, 0) is 42.0 Å². The molecule has 2 aromatic rings. The Bertz CT molecular complexity index is 733. The molecule has 0 saturated heterocycles. The maximum absolute atomic E-state index is 13.2. The van der Waals surface area contributed by atoms with Crippen molar-refractivity contribution in [2.75, 3.05) is 7.11 Å². The Morgan fingerprint density at radius 1 is 1.14 bits per heavy atom. The number of halogens is 1. The van der Waals surface area contributed by atoms with E-state index in [9.17, 15) is 14.0 Å². The number of carboxylic acid groups (broad SMARTS) is 1. The summed E-state index contributed by atoms with van der Waals surface area (Å²) in [7, 11) is 1.40. The predicted octanol–water partition coefficient (Wildman–Crippen LogP) is 3.43. The van der Waals surface area contributed by atoms with Gasteiger partial charge in [0, 0.05) is 0 Å². The third-order valence-electron chi connectivity index (χ3n) is 3.01. The monoisotopic (exact) mass is 300 g/mol. The highest BCUT2D eigenvalue weighted by atomic mass is 19.1. The van der Waals surface area contributed by atoms with E-state index in [-0.39, 0.29) is 16.9 Å². The maximum Gasteiger partial charge on any atom is 0.335 e. The Hall–Kier alpha value is -2.95. The summed E-state index contributed by atoms with van der Waals surface area (Å²) in [6.45, 7) is 0. The minimum absolute atomic E-state index is 0.126. The van der Waals surface area contributed by atoms with Crippen molar-refractivity contribution in [1.82, 2.24) is 0 Å². The van der Waals surface area contributed by atoms with Gasteiger partial charge in [0.25, 0.3) is 0 Å². The lowest BCUT2D eigenvalue weighted by Gasteiger charge is -2.05. The summed E-state index contributed by atoms with van der Waals surface area (Å²) in [6, 6.07) is 9.75. The van der Waals surface area contributed by atoms with Gasteiger partial charge in [0.1, 0.15) is 11.6 Å². The molecule has 0 heterocycles. The van der Waals surface area contributed by atoms with Crippen LogP contribution in [-0.4, -0.2) is 24.0 Å². The summed E-state index contributed by atoms with van der Waals surface area (Å²) >= 11 is 0. The molecule has 0 aliphatic rings. The lowest BCUT2D eigenvalue weighted by Crippen LogP contribution is -1.99. The summed E-state index contributed by atoms with van der Waals surface area (Å²) in [5.74, 6) is -1.66. The molecule has 0 amide bonds. The molecule has 0 fully saturated rings. The molecule has 2 rings (SSSR count). The van der Waals surface area contributed by atoms with Crippen LogP contribution in [0.4, 0.5) is 4.39 Å². The van der Waals surface area contributed by atoms with E-state index in [1.165, 1.54) is 43.5 Å². The fourth-order valence-corrected chi connectivity index (χ4v) is 1.87. The number of methoxy groups -OCH3 is 1. The number of benzene rings is 2. The van der Waals surface area contributed by atoms with Crippen molar-refractivity contribution < 1.29 is 23.8 Å². The Morgan fingerprint density at radius 2 is 1.82 bits per heavy atom. The smallest absolute Gasteiger partial charge is 0.335 e. The van der Waals surface area contributed by atoms with E-state index in [0.29, 0.717) is 5.56 Å². The number of rotatable bonds is 5. The summed E-state index contributed by atoms with van der Waals surface area (Å²) in [5.41, 5.74) is 0.949. The van der Waals surface area contributed by atoms with Crippen molar-refractivity contribution in [3.63, 3.8) is 0 Å². The van der Waals surface area contributed by atoms with E-state index >= 15 is 0 Å². The van der Waals surface area contributed by atoms with Gasteiger partial charge in [-0.25, -0.2) is 9.18 Å². The SMILES string of the molecule is COc1ccc(F)cc1C(=O)C=Cc1ccc(C(=O)O)cc1. The normalized spacial score (nSPS) is 10.6. The molecule has 0 aliphatic carbocycles. The first kappa shape index (κ1) is 15.4. The van der Waals surface area contributed by atoms with E-state index in [1.54, 1.807) is 12.1 Å². The second-order valence-electron chi connectivity index (χ2n) is 4.47. The molecular formula is C17H13FO4. The first-order valence-electron chi connectivity index (χ1n) is 6.40. The molecule has 1 N–H and O–H groups in total. The Kier molecular flexibility index (Phi) is 4.68. The predicted molar refractivity (Wildman–Crippen MR) is 79.7 cm³/mol. The van der Waals surface area contributed by atoms with Gasteiger partial charge >= 0.3 is 5.97 Å². The molecule has 5 heteroatoms. The Balaban J connectivity index is 2.21. The third kappa shape index (κ3) is 3.58. The number of hydrogen-bond donors (Lipinski definition) is 1. The van der Waals surface area contributed by atoms with E-state index in [2.05, 4.69) is 0 Å². The molecule has 0 unspecified atom stereocenters. The second kappa shape index (κ2) is 6.67. The van der Waals surface area contributed by atoms with Gasteiger partial charge in [0.05, 0.1) is 18.2 Å². The summed E-state index contributed by atoms with van der Waals surface area (Å²) < 4.78 is 18.3. The zero-order valence-electron chi connectivity index (χ0n) is 11.7. The zero-order valence-corrected chi connectivity index (χ0v) is 11.7. The van der Waals surface area contributed by atoms with Gasteiger partial charge in [-0.1, -0.05) is 18.2 Å². The van der Waals surface area contributed by atoms with Gasteiger partial charge in [-0.3, -0.25) is 4.79 Å². The summed E-state index contributed by atoms with van der Waals surface area (Å²) in [5, 5.41) is 8.80. The highest BCUT2D eigenvalue weighted by Gasteiger charge is 2.10. The quantitative estimate of drug-likeness (QED) is 0.678. The first-order valence-corrected chi connectivity index (χ1v) is 6.40. The molecule has 4 nitrogen and oxygen atoms in total. The minimum atomic E-state index is -1.02. The van der Waals surface area contributed by atoms with Gasteiger partial charge < -0.3 is 9.84 Å². The molecule has 0 radical (unpaired) electrons. The molecule has 0 spiro atoms. The summed E-state index contributed by atoms with van der Waals surface area (Å²) in [4.78, 5) is 22.8. The Labute approximate surface area is 126 Å². The van der Waals surface area contributed by atoms with Gasteiger partial charge in [0.15, 0.2) is 5.78 Å². The molecule has 0 atom stereocenters. The van der Waals surface area contributed by atoms with Crippen molar-refractivity contribution in [2.45, 2.75) is 0 Å². The van der Waals surface area contributed by atoms with Crippen LogP contribution < -0.4 is 4.74 Å². The van der Waals surface area contributed by atoms with Crippen LogP contribution in [0.1, 0.15) is 26.3 Å². The fraction of sp³-hybridized carbons (Fsp3) is 0.0588. The van der Waals surface area contributed by atoms with Crippen LogP contribution in [0.5, 0.6) is 5.75 Å². The van der Waals surface area contributed by atoms with E-state index in [4.69, 9.17) is 9.84 Å². The molecule has 2 aromatic carbocycles. The van der Waals surface area contributed by atoms with Crippen molar-refractivity contribution in [2.24, 2.45) is 0 Å². The number of hydrogen-bond acceptors (Lipinski definition) is 3. The third-order valence-corrected chi connectivity index (χ3v) is 3.01. The number of carbonyl (C=O) groups excluding carboxylic acids is 1. The highest BCUT2D eigenvalue weighted by molar-refractivity contribution is 6.08. The van der Waals surface area contributed by atoms with Crippen molar-refractivity contribution >= 4 is 17.8 Å². The number of aromatic carboxylic acids is 1. The second-order valence-corrected chi connectivity index (χ2v) is 4.47. The maximum atomic E-state index is 13.2. The zero-order chi connectivity index (χ0) is 16.1. The van der Waals surface area contributed by atoms with Crippen LogP contribution >= 0.6 is 0 Å². The molecule has 0 bridgehead atoms. The average molecular weight is 300 g/mol.